The van der Waals surface area contributed by atoms with Gasteiger partial charge in [0.15, 0.2) is 6.61 Å². The second kappa shape index (κ2) is 5.02. The Kier molecular flexibility index (Phi) is 3.14. The van der Waals surface area contributed by atoms with E-state index >= 15 is 0 Å². The number of carbonyl (C=O) groups excluding carboxylic acids is 1. The van der Waals surface area contributed by atoms with Gasteiger partial charge in [-0.15, -0.1) is 0 Å². The van der Waals surface area contributed by atoms with Gasteiger partial charge in [-0.2, -0.15) is 0 Å². The van der Waals surface area contributed by atoms with Crippen molar-refractivity contribution in [3.63, 3.8) is 0 Å². The number of nitrogens with zero attached hydrogens (tertiary/aromatic N) is 1. The van der Waals surface area contributed by atoms with E-state index in [0.29, 0.717) is 5.92 Å². The molecule has 0 saturated carbocycles. The zero-order valence-corrected chi connectivity index (χ0v) is 13.5. The van der Waals surface area contributed by atoms with Crippen LogP contribution in [0.15, 0.2) is 42.5 Å². The van der Waals surface area contributed by atoms with Crippen LogP contribution >= 0.6 is 22.6 Å². The zero-order chi connectivity index (χ0) is 14.4. The third kappa shape index (κ3) is 2.21. The van der Waals surface area contributed by atoms with Crippen molar-refractivity contribution < 1.29 is 9.53 Å². The minimum absolute atomic E-state index is 0.0492. The van der Waals surface area contributed by atoms with Crippen molar-refractivity contribution >= 4 is 34.2 Å². The average molecular weight is 391 g/mol. The first kappa shape index (κ1) is 13.1. The molecule has 1 aliphatic heterocycles. The van der Waals surface area contributed by atoms with Crippen LogP contribution in [0.1, 0.15) is 17.0 Å². The first-order chi connectivity index (χ1) is 10.2. The maximum atomic E-state index is 12.2. The summed E-state index contributed by atoms with van der Waals surface area (Å²) in [5.74, 6) is 1.30. The predicted molar refractivity (Wildman–Crippen MR) is 89.9 cm³/mol. The third-order valence-electron chi connectivity index (χ3n) is 4.23. The highest BCUT2D eigenvalue weighted by atomic mass is 127. The Morgan fingerprint density at radius 1 is 1.24 bits per heavy atom. The van der Waals surface area contributed by atoms with E-state index in [1.165, 1.54) is 11.1 Å². The second-order valence-electron chi connectivity index (χ2n) is 5.50. The van der Waals surface area contributed by atoms with E-state index in [4.69, 9.17) is 4.74 Å². The summed E-state index contributed by atoms with van der Waals surface area (Å²) in [6.45, 7) is 0.883. The summed E-state index contributed by atoms with van der Waals surface area (Å²) >= 11 is 2.26. The summed E-state index contributed by atoms with van der Waals surface area (Å²) in [5, 5.41) is 0. The van der Waals surface area contributed by atoms with E-state index in [-0.39, 0.29) is 12.5 Å². The Hall–Kier alpha value is -1.56. The largest absolute Gasteiger partial charge is 0.482 e. The van der Waals surface area contributed by atoms with Crippen molar-refractivity contribution in [1.29, 1.82) is 0 Å². The summed E-state index contributed by atoms with van der Waals surface area (Å²) in [4.78, 5) is 14.1. The van der Waals surface area contributed by atoms with Crippen molar-refractivity contribution in [3.8, 4) is 5.75 Å². The summed E-state index contributed by atoms with van der Waals surface area (Å²) < 4.78 is 6.67. The number of ether oxygens (including phenoxy) is 1. The standard InChI is InChI=1S/C17H14INO2/c18-13-5-6-15-16(8-13)21-10-17(20)19(15)9-12-7-11-3-1-2-4-14(11)12/h1-6,8,12H,7,9-10H2. The van der Waals surface area contributed by atoms with Crippen LogP contribution in [0.5, 0.6) is 5.75 Å². The predicted octanol–water partition coefficient (Wildman–Crippen LogP) is 3.36. The summed E-state index contributed by atoms with van der Waals surface area (Å²) in [7, 11) is 0. The molecule has 3 nitrogen and oxygen atoms in total. The van der Waals surface area contributed by atoms with E-state index < -0.39 is 0 Å². The van der Waals surface area contributed by atoms with Gasteiger partial charge in [0, 0.05) is 16.0 Å². The number of hydrogen-bond acceptors (Lipinski definition) is 2. The molecule has 0 fully saturated rings. The fourth-order valence-electron chi connectivity index (χ4n) is 3.12. The molecule has 4 heteroatoms. The molecule has 0 N–H and O–H groups in total. The fourth-order valence-corrected chi connectivity index (χ4v) is 3.59. The molecule has 1 heterocycles. The van der Waals surface area contributed by atoms with Crippen molar-refractivity contribution in [3.05, 3.63) is 57.2 Å². The molecule has 1 amide bonds. The molecule has 1 unspecified atom stereocenters. The lowest BCUT2D eigenvalue weighted by Gasteiger charge is -2.37. The van der Waals surface area contributed by atoms with Crippen LogP contribution in [0.3, 0.4) is 0 Å². The molecule has 2 aromatic rings. The van der Waals surface area contributed by atoms with Crippen LogP contribution in [0.2, 0.25) is 0 Å². The molecule has 0 aromatic heterocycles. The van der Waals surface area contributed by atoms with Crippen LogP contribution in [0.4, 0.5) is 5.69 Å². The lowest BCUT2D eigenvalue weighted by Crippen LogP contribution is -2.43. The monoisotopic (exact) mass is 391 g/mol. The highest BCUT2D eigenvalue weighted by Crippen LogP contribution is 2.39. The second-order valence-corrected chi connectivity index (χ2v) is 6.75. The minimum Gasteiger partial charge on any atom is -0.482 e. The van der Waals surface area contributed by atoms with Gasteiger partial charge in [0.2, 0.25) is 0 Å². The minimum atomic E-state index is 0.0492. The number of benzene rings is 2. The Balaban J connectivity index is 1.63. The number of rotatable bonds is 2. The smallest absolute Gasteiger partial charge is 0.265 e. The number of hydrogen-bond donors (Lipinski definition) is 0. The molecule has 106 valence electrons. The molecule has 0 radical (unpaired) electrons. The van der Waals surface area contributed by atoms with Gasteiger partial charge in [0.05, 0.1) is 5.69 Å². The number of anilines is 1. The Morgan fingerprint density at radius 3 is 2.95 bits per heavy atom. The van der Waals surface area contributed by atoms with Crippen molar-refractivity contribution in [2.24, 2.45) is 0 Å². The normalized spacial score (nSPS) is 19.4. The van der Waals surface area contributed by atoms with Gasteiger partial charge in [0.1, 0.15) is 5.75 Å². The quantitative estimate of drug-likeness (QED) is 0.735. The first-order valence-electron chi connectivity index (χ1n) is 7.03. The van der Waals surface area contributed by atoms with Crippen LogP contribution in [-0.4, -0.2) is 19.1 Å². The molecular weight excluding hydrogens is 377 g/mol. The Labute approximate surface area is 137 Å². The van der Waals surface area contributed by atoms with Crippen LogP contribution < -0.4 is 9.64 Å². The average Bonchev–Trinajstić information content (AvgIpc) is 2.46. The molecular formula is C17H14INO2. The summed E-state index contributed by atoms with van der Waals surface area (Å²) in [6, 6.07) is 14.5. The van der Waals surface area contributed by atoms with E-state index in [0.717, 1.165) is 28.0 Å². The highest BCUT2D eigenvalue weighted by Gasteiger charge is 2.32. The first-order valence-corrected chi connectivity index (χ1v) is 8.11. The van der Waals surface area contributed by atoms with Gasteiger partial charge in [-0.1, -0.05) is 24.3 Å². The summed E-state index contributed by atoms with van der Waals surface area (Å²) in [6.07, 6.45) is 1.06. The molecule has 1 aliphatic carbocycles. The molecule has 2 aliphatic rings. The number of fused-ring (bicyclic) bond motifs is 2. The van der Waals surface area contributed by atoms with Gasteiger partial charge in [-0.25, -0.2) is 0 Å². The Morgan fingerprint density at radius 2 is 2.10 bits per heavy atom. The van der Waals surface area contributed by atoms with Crippen molar-refractivity contribution in [1.82, 2.24) is 0 Å². The molecule has 4 rings (SSSR count). The van der Waals surface area contributed by atoms with Gasteiger partial charge < -0.3 is 9.64 Å². The molecule has 21 heavy (non-hydrogen) atoms. The maximum Gasteiger partial charge on any atom is 0.265 e. The third-order valence-corrected chi connectivity index (χ3v) is 4.90. The van der Waals surface area contributed by atoms with Gasteiger partial charge >= 0.3 is 0 Å². The van der Waals surface area contributed by atoms with E-state index in [1.54, 1.807) is 0 Å². The molecule has 2 aromatic carbocycles. The number of carbonyl (C=O) groups is 1. The zero-order valence-electron chi connectivity index (χ0n) is 11.4. The van der Waals surface area contributed by atoms with E-state index in [9.17, 15) is 4.79 Å². The van der Waals surface area contributed by atoms with Crippen LogP contribution in [0.25, 0.3) is 0 Å². The van der Waals surface area contributed by atoms with Crippen molar-refractivity contribution in [2.45, 2.75) is 12.3 Å². The van der Waals surface area contributed by atoms with Crippen molar-refractivity contribution in [2.75, 3.05) is 18.1 Å². The topological polar surface area (TPSA) is 29.5 Å². The number of halogens is 1. The molecule has 0 bridgehead atoms. The van der Waals surface area contributed by atoms with E-state index in [2.05, 4.69) is 46.9 Å². The lowest BCUT2D eigenvalue weighted by atomic mass is 9.77. The lowest BCUT2D eigenvalue weighted by molar-refractivity contribution is -0.121. The SMILES string of the molecule is O=C1COc2cc(I)ccc2N1CC1Cc2ccccc21. The van der Waals surface area contributed by atoms with E-state index in [1.807, 2.05) is 23.1 Å². The highest BCUT2D eigenvalue weighted by molar-refractivity contribution is 14.1. The fraction of sp³-hybridized carbons (Fsp3) is 0.235. The Bertz CT molecular complexity index is 728. The van der Waals surface area contributed by atoms with Crippen LogP contribution in [-0.2, 0) is 11.2 Å². The summed E-state index contributed by atoms with van der Waals surface area (Å²) in [5.41, 5.74) is 3.69. The molecule has 0 spiro atoms. The van der Waals surface area contributed by atoms with Gasteiger partial charge in [0.25, 0.3) is 5.91 Å². The molecule has 0 saturated heterocycles. The maximum absolute atomic E-state index is 12.2. The number of amides is 1. The van der Waals surface area contributed by atoms with Crippen LogP contribution in [0, 0.1) is 3.57 Å². The van der Waals surface area contributed by atoms with Gasteiger partial charge in [-0.05, 0) is 58.3 Å². The molecule has 1 atom stereocenters. The van der Waals surface area contributed by atoms with Gasteiger partial charge in [-0.3, -0.25) is 4.79 Å².